The second kappa shape index (κ2) is 4.48. The Bertz CT molecular complexity index is 420. The average molecular weight is 267 g/mol. The molecule has 0 aliphatic rings. The Hall–Kier alpha value is -1.00. The molecule has 0 aliphatic carbocycles. The van der Waals surface area contributed by atoms with Crippen LogP contribution in [-0.4, -0.2) is 9.59 Å². The van der Waals surface area contributed by atoms with Crippen LogP contribution in [0.15, 0.2) is 34.1 Å². The topological polar surface area (TPSA) is 25.8 Å². The van der Waals surface area contributed by atoms with Gasteiger partial charge in [-0.2, -0.15) is 0 Å². The van der Waals surface area contributed by atoms with Gasteiger partial charge in [-0.05, 0) is 35.3 Å². The highest BCUT2D eigenvalue weighted by Crippen LogP contribution is 2.12. The van der Waals surface area contributed by atoms with Crippen LogP contribution in [0.2, 0.25) is 0 Å². The molecule has 0 aliphatic heterocycles. The van der Waals surface area contributed by atoms with E-state index in [1.807, 2.05) is 41.8 Å². The van der Waals surface area contributed by atoms with Crippen LogP contribution < -0.4 is 0 Å². The van der Waals surface area contributed by atoms with Crippen LogP contribution in [0.25, 0.3) is 12.2 Å². The molecule has 2 nitrogen and oxygen atoms in total. The van der Waals surface area contributed by atoms with E-state index in [4.69, 9.17) is 0 Å². The lowest BCUT2D eigenvalue weighted by Crippen LogP contribution is -1.72. The molecule has 2 aromatic rings. The molecular weight excluding hydrogens is 260 g/mol. The van der Waals surface area contributed by atoms with E-state index < -0.39 is 0 Å². The van der Waals surface area contributed by atoms with Gasteiger partial charge >= 0.3 is 0 Å². The second-order valence-electron chi connectivity index (χ2n) is 2.71. The molecule has 0 radical (unpaired) electrons. The number of hydrogen-bond acceptors (Lipinski definition) is 3. The summed E-state index contributed by atoms with van der Waals surface area (Å²) in [5.74, 6) is 0. The maximum absolute atomic E-state index is 3.92. The fraction of sp³-hybridized carbons (Fsp3) is 0. The molecule has 4 heteroatoms. The fourth-order valence-electron chi connectivity index (χ4n) is 1.000. The Balaban J connectivity index is 2.15. The van der Waals surface area contributed by atoms with Crippen LogP contribution in [0.1, 0.15) is 11.3 Å². The number of benzene rings is 1. The van der Waals surface area contributed by atoms with Crippen molar-refractivity contribution in [1.29, 1.82) is 0 Å². The normalized spacial score (nSPS) is 10.9. The third-order valence-electron chi connectivity index (χ3n) is 1.69. The summed E-state index contributed by atoms with van der Waals surface area (Å²) in [6.45, 7) is 0. The molecule has 0 fully saturated rings. The SMILES string of the molecule is Brc1ccc(/C=C/c2csnn2)cc1. The molecule has 0 atom stereocenters. The molecule has 14 heavy (non-hydrogen) atoms. The first-order valence-electron chi connectivity index (χ1n) is 4.05. The van der Waals surface area contributed by atoms with Crippen LogP contribution in [0.5, 0.6) is 0 Å². The monoisotopic (exact) mass is 266 g/mol. The van der Waals surface area contributed by atoms with E-state index in [1.165, 1.54) is 11.5 Å². The van der Waals surface area contributed by atoms with Crippen molar-refractivity contribution in [2.24, 2.45) is 0 Å². The van der Waals surface area contributed by atoms with E-state index in [1.54, 1.807) is 0 Å². The minimum Gasteiger partial charge on any atom is -0.139 e. The highest BCUT2D eigenvalue weighted by Gasteiger charge is 1.90. The third kappa shape index (κ3) is 2.49. The Labute approximate surface area is 94.6 Å². The maximum Gasteiger partial charge on any atom is 0.0982 e. The van der Waals surface area contributed by atoms with Crippen molar-refractivity contribution in [1.82, 2.24) is 9.59 Å². The highest BCUT2D eigenvalue weighted by atomic mass is 79.9. The lowest BCUT2D eigenvalue weighted by Gasteiger charge is -1.92. The van der Waals surface area contributed by atoms with E-state index >= 15 is 0 Å². The molecule has 0 saturated carbocycles. The summed E-state index contributed by atoms with van der Waals surface area (Å²) in [7, 11) is 0. The van der Waals surface area contributed by atoms with E-state index in [0.717, 1.165) is 15.7 Å². The van der Waals surface area contributed by atoms with Crippen molar-refractivity contribution < 1.29 is 0 Å². The van der Waals surface area contributed by atoms with Gasteiger partial charge in [0.15, 0.2) is 0 Å². The maximum atomic E-state index is 3.92. The fourth-order valence-corrected chi connectivity index (χ4v) is 1.69. The molecular formula is C10H7BrN2S. The van der Waals surface area contributed by atoms with Gasteiger partial charge in [0.05, 0.1) is 5.69 Å². The lowest BCUT2D eigenvalue weighted by molar-refractivity contribution is 1.14. The van der Waals surface area contributed by atoms with Gasteiger partial charge in [0.2, 0.25) is 0 Å². The number of aromatic nitrogens is 2. The summed E-state index contributed by atoms with van der Waals surface area (Å²) < 4.78 is 4.87. The number of halogens is 1. The van der Waals surface area contributed by atoms with E-state index in [-0.39, 0.29) is 0 Å². The lowest BCUT2D eigenvalue weighted by atomic mass is 10.2. The first kappa shape index (κ1) is 9.55. The quantitative estimate of drug-likeness (QED) is 0.832. The Kier molecular flexibility index (Phi) is 3.06. The molecule has 0 saturated heterocycles. The van der Waals surface area contributed by atoms with Crippen molar-refractivity contribution in [2.45, 2.75) is 0 Å². The zero-order valence-electron chi connectivity index (χ0n) is 7.22. The van der Waals surface area contributed by atoms with Gasteiger partial charge in [-0.25, -0.2) is 0 Å². The summed E-state index contributed by atoms with van der Waals surface area (Å²) in [6.07, 6.45) is 3.97. The number of hydrogen-bond donors (Lipinski definition) is 0. The van der Waals surface area contributed by atoms with Gasteiger partial charge < -0.3 is 0 Å². The Morgan fingerprint density at radius 1 is 1.14 bits per heavy atom. The first-order valence-corrected chi connectivity index (χ1v) is 5.68. The van der Waals surface area contributed by atoms with Gasteiger partial charge in [-0.1, -0.05) is 38.6 Å². The minimum atomic E-state index is 0.901. The summed E-state index contributed by atoms with van der Waals surface area (Å²) in [6, 6.07) is 8.11. The van der Waals surface area contributed by atoms with Crippen molar-refractivity contribution in [3.63, 3.8) is 0 Å². The van der Waals surface area contributed by atoms with Crippen LogP contribution in [0, 0.1) is 0 Å². The number of nitrogens with zero attached hydrogens (tertiary/aromatic N) is 2. The second-order valence-corrected chi connectivity index (χ2v) is 4.24. The van der Waals surface area contributed by atoms with Gasteiger partial charge in [-0.15, -0.1) is 5.10 Å². The molecule has 70 valence electrons. The zero-order valence-corrected chi connectivity index (χ0v) is 9.62. The number of rotatable bonds is 2. The molecule has 2 rings (SSSR count). The predicted molar refractivity (Wildman–Crippen MR) is 63.0 cm³/mol. The molecule has 1 heterocycles. The molecule has 0 spiro atoms. The smallest absolute Gasteiger partial charge is 0.0982 e. The van der Waals surface area contributed by atoms with E-state index in [2.05, 4.69) is 25.5 Å². The summed E-state index contributed by atoms with van der Waals surface area (Å²) in [5.41, 5.74) is 2.05. The van der Waals surface area contributed by atoms with Crippen LogP contribution in [0.3, 0.4) is 0 Å². The molecule has 0 amide bonds. The van der Waals surface area contributed by atoms with Crippen molar-refractivity contribution in [2.75, 3.05) is 0 Å². The third-order valence-corrected chi connectivity index (χ3v) is 2.74. The van der Waals surface area contributed by atoms with Gasteiger partial charge in [0, 0.05) is 9.85 Å². The van der Waals surface area contributed by atoms with Crippen LogP contribution in [0.4, 0.5) is 0 Å². The Morgan fingerprint density at radius 2 is 1.93 bits per heavy atom. The standard InChI is InChI=1S/C10H7BrN2S/c11-9-4-1-8(2-5-9)3-6-10-7-14-13-12-10/h1-7H/b6-3+. The van der Waals surface area contributed by atoms with Gasteiger partial charge in [0.25, 0.3) is 0 Å². The van der Waals surface area contributed by atoms with Crippen molar-refractivity contribution in [3.05, 3.63) is 45.4 Å². The highest BCUT2D eigenvalue weighted by molar-refractivity contribution is 9.10. The Morgan fingerprint density at radius 3 is 2.57 bits per heavy atom. The first-order chi connectivity index (χ1) is 6.84. The van der Waals surface area contributed by atoms with Crippen molar-refractivity contribution >= 4 is 39.6 Å². The predicted octanol–water partition coefficient (Wildman–Crippen LogP) is 3.47. The largest absolute Gasteiger partial charge is 0.139 e. The zero-order chi connectivity index (χ0) is 9.80. The van der Waals surface area contributed by atoms with E-state index in [9.17, 15) is 0 Å². The summed E-state index contributed by atoms with van der Waals surface area (Å²) in [5, 5.41) is 5.83. The molecule has 0 bridgehead atoms. The van der Waals surface area contributed by atoms with Crippen LogP contribution in [-0.2, 0) is 0 Å². The van der Waals surface area contributed by atoms with Gasteiger partial charge in [-0.3, -0.25) is 0 Å². The van der Waals surface area contributed by atoms with Gasteiger partial charge in [0.1, 0.15) is 0 Å². The average Bonchev–Trinajstić information content (AvgIpc) is 2.70. The van der Waals surface area contributed by atoms with Crippen molar-refractivity contribution in [3.8, 4) is 0 Å². The van der Waals surface area contributed by atoms with Crippen LogP contribution >= 0.6 is 27.5 Å². The van der Waals surface area contributed by atoms with E-state index in [0.29, 0.717) is 0 Å². The molecule has 0 N–H and O–H groups in total. The molecule has 1 aromatic carbocycles. The minimum absolute atomic E-state index is 0.901. The summed E-state index contributed by atoms with van der Waals surface area (Å²) >= 11 is 4.75. The molecule has 0 unspecified atom stereocenters. The summed E-state index contributed by atoms with van der Waals surface area (Å²) in [4.78, 5) is 0. The molecule has 1 aromatic heterocycles.